The predicted molar refractivity (Wildman–Crippen MR) is 277 cm³/mol. The number of likely N-dealkylation sites (tertiary alicyclic amines) is 2. The fourth-order valence-electron chi connectivity index (χ4n) is 9.70. The summed E-state index contributed by atoms with van der Waals surface area (Å²) in [6.45, 7) is 11.0. The number of hydrogen-bond donors (Lipinski definition) is 3. The number of rotatable bonds is 35. The van der Waals surface area contributed by atoms with Crippen molar-refractivity contribution in [2.75, 3.05) is 138 Å². The molecule has 24 heteroatoms. The van der Waals surface area contributed by atoms with Gasteiger partial charge in [0.25, 0.3) is 0 Å². The van der Waals surface area contributed by atoms with E-state index in [0.717, 1.165) is 24.1 Å². The molecule has 6 rings (SSSR count). The molecule has 428 valence electrons. The number of halogens is 3. The van der Waals surface area contributed by atoms with E-state index in [4.69, 9.17) is 37.9 Å². The van der Waals surface area contributed by atoms with Crippen molar-refractivity contribution in [3.8, 4) is 0 Å². The quantitative estimate of drug-likeness (QED) is 0.0715. The van der Waals surface area contributed by atoms with Gasteiger partial charge >= 0.3 is 6.18 Å². The van der Waals surface area contributed by atoms with Crippen LogP contribution in [-0.4, -0.2) is 216 Å². The van der Waals surface area contributed by atoms with E-state index < -0.39 is 23.7 Å². The van der Waals surface area contributed by atoms with Crippen LogP contribution >= 0.6 is 0 Å². The Kier molecular flexibility index (Phi) is 25.4. The zero-order valence-corrected chi connectivity index (χ0v) is 44.8. The van der Waals surface area contributed by atoms with Gasteiger partial charge in [-0.05, 0) is 76.4 Å². The monoisotopic (exact) mass is 1090 g/mol. The molecule has 3 aliphatic rings. The topological polar surface area (TPSA) is 227 Å². The summed E-state index contributed by atoms with van der Waals surface area (Å²) in [5, 5.41) is 9.36. The molecule has 1 aliphatic carbocycles. The zero-order valence-electron chi connectivity index (χ0n) is 44.8. The van der Waals surface area contributed by atoms with Crippen LogP contribution in [0.25, 0.3) is 10.9 Å². The molecular formula is C53H78F3N9O12. The molecule has 0 bridgehead atoms. The number of benzene rings is 1. The lowest BCUT2D eigenvalue weighted by Gasteiger charge is -2.44. The van der Waals surface area contributed by atoms with Crippen molar-refractivity contribution >= 4 is 40.3 Å². The molecule has 0 spiro atoms. The summed E-state index contributed by atoms with van der Waals surface area (Å²) in [5.74, 6) is -0.939. The lowest BCUT2D eigenvalue weighted by Crippen LogP contribution is -2.58. The van der Waals surface area contributed by atoms with E-state index in [-0.39, 0.29) is 78.4 Å². The second-order valence-corrected chi connectivity index (χ2v) is 19.4. The number of carbonyl (C=O) groups excluding carboxylic acids is 4. The fourth-order valence-corrected chi connectivity index (χ4v) is 9.70. The summed E-state index contributed by atoms with van der Waals surface area (Å²) in [6, 6.07) is 5.84. The second-order valence-electron chi connectivity index (χ2n) is 19.4. The number of fused-ring (bicyclic) bond motifs is 1. The van der Waals surface area contributed by atoms with Gasteiger partial charge in [-0.15, -0.1) is 0 Å². The summed E-state index contributed by atoms with van der Waals surface area (Å²) in [4.78, 5) is 70.5. The van der Waals surface area contributed by atoms with Crippen LogP contribution in [0.2, 0.25) is 0 Å². The minimum Gasteiger partial charge on any atom is -0.379 e. The summed E-state index contributed by atoms with van der Waals surface area (Å²) in [6.07, 6.45) is 2.97. The molecule has 3 N–H and O–H groups in total. The van der Waals surface area contributed by atoms with Crippen LogP contribution in [0.4, 0.5) is 19.0 Å². The van der Waals surface area contributed by atoms with Crippen LogP contribution in [-0.2, 0) is 63.2 Å². The molecule has 4 amide bonds. The predicted octanol–water partition coefficient (Wildman–Crippen LogP) is 3.66. The van der Waals surface area contributed by atoms with Gasteiger partial charge < -0.3 is 68.5 Å². The third-order valence-electron chi connectivity index (χ3n) is 14.0. The molecule has 2 saturated heterocycles. The number of nitrogens with zero attached hydrogens (tertiary/aromatic N) is 6. The molecule has 4 heterocycles. The maximum absolute atomic E-state index is 13.9. The molecule has 2 aromatic heterocycles. The normalized spacial score (nSPS) is 21.0. The average molecular weight is 1090 g/mol. The lowest BCUT2D eigenvalue weighted by atomic mass is 9.84. The number of alkyl halides is 3. The summed E-state index contributed by atoms with van der Waals surface area (Å²) < 4.78 is 85.2. The SMILES string of the molecule is CC(C)N(C)[C@@H]1CC[C@H](N2CC[C@H](Nc3ncnc4ccc(C(F)(F)F)cc34)C2=O)[C@H](NC(=O)CCOCCOCCOCCOCCOCCOCCOCCOCCNC(=O)[C@H]2CC(=O)N(C)[C@@H]2c2cccnc2)C1. The van der Waals surface area contributed by atoms with Gasteiger partial charge in [-0.25, -0.2) is 9.97 Å². The Morgan fingerprint density at radius 1 is 0.792 bits per heavy atom. The highest BCUT2D eigenvalue weighted by molar-refractivity contribution is 5.93. The number of carbonyl (C=O) groups is 4. The van der Waals surface area contributed by atoms with Crippen molar-refractivity contribution in [2.45, 2.75) is 94.8 Å². The van der Waals surface area contributed by atoms with Crippen molar-refractivity contribution in [1.82, 2.24) is 40.3 Å². The number of amides is 4. The van der Waals surface area contributed by atoms with Gasteiger partial charge in [-0.1, -0.05) is 6.07 Å². The summed E-state index contributed by atoms with van der Waals surface area (Å²) in [5.41, 5.74) is 0.338. The molecule has 6 atom stereocenters. The number of pyridine rings is 1. The number of anilines is 1. The maximum Gasteiger partial charge on any atom is 0.416 e. The number of aromatic nitrogens is 3. The summed E-state index contributed by atoms with van der Waals surface area (Å²) >= 11 is 0. The van der Waals surface area contributed by atoms with Gasteiger partial charge in [-0.2, -0.15) is 13.2 Å². The van der Waals surface area contributed by atoms with Gasteiger partial charge in [0.1, 0.15) is 18.2 Å². The van der Waals surface area contributed by atoms with Crippen LogP contribution in [0.5, 0.6) is 0 Å². The highest BCUT2D eigenvalue weighted by Gasteiger charge is 2.44. The highest BCUT2D eigenvalue weighted by atomic mass is 19.4. The Morgan fingerprint density at radius 2 is 1.39 bits per heavy atom. The largest absolute Gasteiger partial charge is 0.416 e. The van der Waals surface area contributed by atoms with Crippen molar-refractivity contribution in [2.24, 2.45) is 5.92 Å². The Balaban J connectivity index is 0.720. The first kappa shape index (κ1) is 61.0. The van der Waals surface area contributed by atoms with E-state index in [1.165, 1.54) is 12.4 Å². The van der Waals surface area contributed by atoms with Gasteiger partial charge in [0.2, 0.25) is 23.6 Å². The third kappa shape index (κ3) is 19.3. The molecule has 2 aliphatic heterocycles. The zero-order chi connectivity index (χ0) is 55.0. The molecule has 21 nitrogen and oxygen atoms in total. The maximum atomic E-state index is 13.9. The van der Waals surface area contributed by atoms with Crippen LogP contribution in [0.15, 0.2) is 49.1 Å². The minimum absolute atomic E-state index is 0.0724. The standard InChI is InChI=1S/C53H78F3N9O12/c1-37(2)63(3)40-8-10-46(65-15-11-44(52(65)69)62-50-41-32-39(53(54,55)56)7-9-43(41)59-36-60-50)45(33-40)61-47(66)12-16-70-18-20-72-22-24-74-26-28-76-30-31-77-29-27-75-25-23-73-21-19-71-17-14-58-51(68)42-34-48(67)64(4)49(42)38-6-5-13-57-35-38/h5-7,9,13,32,35-37,40,42,44-46,49H,8,10-12,14-31,33-34H2,1-4H3,(H,58,68)(H,61,66)(H,59,60,62)/t40-,42+,44+,45-,46+,49-/m1/s1. The average Bonchev–Trinajstić information content (AvgIpc) is 3.97. The molecule has 1 aromatic carbocycles. The number of ether oxygens (including phenoxy) is 8. The molecule has 3 aromatic rings. The first-order valence-corrected chi connectivity index (χ1v) is 26.7. The number of nitrogens with one attached hydrogen (secondary N) is 3. The van der Waals surface area contributed by atoms with Crippen molar-refractivity contribution in [3.05, 3.63) is 60.2 Å². The molecule has 77 heavy (non-hydrogen) atoms. The van der Waals surface area contributed by atoms with Crippen molar-refractivity contribution in [3.63, 3.8) is 0 Å². The van der Waals surface area contributed by atoms with E-state index >= 15 is 0 Å². The summed E-state index contributed by atoms with van der Waals surface area (Å²) in [7, 11) is 3.78. The van der Waals surface area contributed by atoms with E-state index in [2.05, 4.69) is 56.7 Å². The van der Waals surface area contributed by atoms with E-state index in [9.17, 15) is 32.3 Å². The first-order chi connectivity index (χ1) is 37.2. The van der Waals surface area contributed by atoms with Crippen molar-refractivity contribution < 1.29 is 70.2 Å². The molecule has 3 fully saturated rings. The van der Waals surface area contributed by atoms with E-state index in [1.807, 2.05) is 6.07 Å². The first-order valence-electron chi connectivity index (χ1n) is 26.7. The van der Waals surface area contributed by atoms with Crippen molar-refractivity contribution in [1.29, 1.82) is 0 Å². The van der Waals surface area contributed by atoms with Gasteiger partial charge in [0, 0.05) is 62.8 Å². The van der Waals surface area contributed by atoms with E-state index in [0.29, 0.717) is 143 Å². The van der Waals surface area contributed by atoms with E-state index in [1.54, 1.807) is 35.3 Å². The Hall–Kier alpha value is -5.18. The molecular weight excluding hydrogens is 1010 g/mol. The van der Waals surface area contributed by atoms with Gasteiger partial charge in [-0.3, -0.25) is 24.2 Å². The Morgan fingerprint density at radius 3 is 1.96 bits per heavy atom. The molecule has 0 unspecified atom stereocenters. The van der Waals surface area contributed by atoms with Crippen LogP contribution in [0.1, 0.15) is 69.5 Å². The highest BCUT2D eigenvalue weighted by Crippen LogP contribution is 2.37. The third-order valence-corrected chi connectivity index (χ3v) is 14.0. The molecule has 1 saturated carbocycles. The van der Waals surface area contributed by atoms with Crippen LogP contribution in [0.3, 0.4) is 0 Å². The number of hydrogen-bond acceptors (Lipinski definition) is 17. The Bertz CT molecular complexity index is 2270. The van der Waals surface area contributed by atoms with Gasteiger partial charge in [0.05, 0.1) is 141 Å². The smallest absolute Gasteiger partial charge is 0.379 e. The lowest BCUT2D eigenvalue weighted by molar-refractivity contribution is -0.137. The van der Waals surface area contributed by atoms with Crippen LogP contribution < -0.4 is 16.0 Å². The fraction of sp³-hybridized carbons (Fsp3) is 0.679. The Labute approximate surface area is 448 Å². The van der Waals surface area contributed by atoms with Crippen LogP contribution in [0, 0.1) is 5.92 Å². The molecule has 0 radical (unpaired) electrons. The minimum atomic E-state index is -4.55. The second kappa shape index (κ2) is 32.0. The van der Waals surface area contributed by atoms with Gasteiger partial charge in [0.15, 0.2) is 0 Å².